The summed E-state index contributed by atoms with van der Waals surface area (Å²) in [7, 11) is 0. The van der Waals surface area contributed by atoms with E-state index >= 15 is 0 Å². The summed E-state index contributed by atoms with van der Waals surface area (Å²) >= 11 is 1.72. The number of aliphatic imine (C=N–C) groups is 1. The van der Waals surface area contributed by atoms with Crippen LogP contribution in [0.1, 0.15) is 0 Å². The minimum atomic E-state index is -1.29. The Morgan fingerprint density at radius 3 is 2.82 bits per heavy atom. The maximum Gasteiger partial charge on any atom is 0.310 e. The van der Waals surface area contributed by atoms with E-state index in [9.17, 15) is 14.9 Å². The number of hydrogen-bond acceptors (Lipinski definition) is 4. The molecule has 6 heteroatoms. The molecule has 0 aromatic rings. The molecule has 1 unspecified atom stereocenters. The first-order chi connectivity index (χ1) is 5.13. The van der Waals surface area contributed by atoms with Crippen molar-refractivity contribution in [2.75, 3.05) is 0 Å². The second kappa shape index (κ2) is 3.07. The molecule has 0 saturated carbocycles. The van der Waals surface area contributed by atoms with Crippen LogP contribution in [0.3, 0.4) is 0 Å². The SMILES string of the molecule is O=C1C(I)=CN=CC1[N+](=O)[O-]. The van der Waals surface area contributed by atoms with E-state index in [-0.39, 0.29) is 0 Å². The lowest BCUT2D eigenvalue weighted by molar-refractivity contribution is -0.487. The minimum Gasteiger partial charge on any atom is -0.285 e. The molecule has 1 rings (SSSR count). The predicted octanol–water partition coefficient (Wildman–Crippen LogP) is 0.562. The third kappa shape index (κ3) is 1.62. The van der Waals surface area contributed by atoms with Crippen LogP contribution in [0.4, 0.5) is 0 Å². The zero-order chi connectivity index (χ0) is 8.43. The first kappa shape index (κ1) is 8.31. The highest BCUT2D eigenvalue weighted by atomic mass is 127. The van der Waals surface area contributed by atoms with E-state index < -0.39 is 16.7 Å². The number of carbonyl (C=O) groups excluding carboxylic acids is 1. The van der Waals surface area contributed by atoms with E-state index in [2.05, 4.69) is 4.99 Å². The van der Waals surface area contributed by atoms with Crippen molar-refractivity contribution in [1.82, 2.24) is 0 Å². The number of carbonyl (C=O) groups is 1. The number of rotatable bonds is 1. The van der Waals surface area contributed by atoms with Crippen molar-refractivity contribution in [3.63, 3.8) is 0 Å². The van der Waals surface area contributed by atoms with Gasteiger partial charge in [-0.15, -0.1) is 0 Å². The first-order valence-electron chi connectivity index (χ1n) is 2.69. The van der Waals surface area contributed by atoms with E-state index in [0.29, 0.717) is 3.58 Å². The molecule has 0 bridgehead atoms. The Labute approximate surface area is 75.5 Å². The average molecular weight is 266 g/mol. The number of nitrogens with zero attached hydrogens (tertiary/aromatic N) is 2. The van der Waals surface area contributed by atoms with Crippen LogP contribution >= 0.6 is 22.6 Å². The van der Waals surface area contributed by atoms with Crippen molar-refractivity contribution in [2.45, 2.75) is 6.04 Å². The van der Waals surface area contributed by atoms with Crippen LogP contribution in [0.25, 0.3) is 0 Å². The van der Waals surface area contributed by atoms with Gasteiger partial charge in [-0.2, -0.15) is 0 Å². The zero-order valence-electron chi connectivity index (χ0n) is 5.23. The Hall–Kier alpha value is -0.790. The van der Waals surface area contributed by atoms with Gasteiger partial charge in [0.05, 0.1) is 9.79 Å². The van der Waals surface area contributed by atoms with Crippen LogP contribution in [-0.4, -0.2) is 23.0 Å². The van der Waals surface area contributed by atoms with Gasteiger partial charge in [-0.3, -0.25) is 19.9 Å². The molecule has 0 radical (unpaired) electrons. The van der Waals surface area contributed by atoms with Crippen LogP contribution < -0.4 is 0 Å². The lowest BCUT2D eigenvalue weighted by atomic mass is 10.2. The molecule has 11 heavy (non-hydrogen) atoms. The molecule has 0 aromatic carbocycles. The van der Waals surface area contributed by atoms with Gasteiger partial charge in [0.1, 0.15) is 0 Å². The van der Waals surface area contributed by atoms with Gasteiger partial charge in [0.15, 0.2) is 0 Å². The molecule has 1 aliphatic heterocycles. The van der Waals surface area contributed by atoms with Crippen LogP contribution in [0, 0.1) is 10.1 Å². The molecule has 1 aliphatic rings. The first-order valence-corrected chi connectivity index (χ1v) is 3.77. The van der Waals surface area contributed by atoms with Gasteiger partial charge < -0.3 is 0 Å². The molecule has 0 N–H and O–H groups in total. The molecule has 0 aliphatic carbocycles. The van der Waals surface area contributed by atoms with Crippen molar-refractivity contribution < 1.29 is 9.72 Å². The van der Waals surface area contributed by atoms with Crippen LogP contribution in [0.5, 0.6) is 0 Å². The molecule has 0 amide bonds. The third-order valence-corrected chi connectivity index (χ3v) is 1.96. The highest BCUT2D eigenvalue weighted by Gasteiger charge is 2.31. The second-order valence-corrected chi connectivity index (χ2v) is 3.03. The number of nitro groups is 1. The molecule has 0 fully saturated rings. The smallest absolute Gasteiger partial charge is 0.285 e. The normalized spacial score (nSPS) is 23.2. The fraction of sp³-hybridized carbons (Fsp3) is 0.200. The van der Waals surface area contributed by atoms with Gasteiger partial charge in [-0.25, -0.2) is 0 Å². The maximum atomic E-state index is 11.0. The summed E-state index contributed by atoms with van der Waals surface area (Å²) in [6, 6.07) is -1.29. The Balaban J connectivity index is 2.90. The van der Waals surface area contributed by atoms with Crippen molar-refractivity contribution in [1.29, 1.82) is 0 Å². The largest absolute Gasteiger partial charge is 0.310 e. The lowest BCUT2D eigenvalue weighted by Gasteiger charge is -2.04. The van der Waals surface area contributed by atoms with Gasteiger partial charge in [-0.1, -0.05) is 0 Å². The summed E-state index contributed by atoms with van der Waals surface area (Å²) in [5.41, 5.74) is 0. The minimum absolute atomic E-state index is 0.298. The van der Waals surface area contributed by atoms with Crippen molar-refractivity contribution in [3.05, 3.63) is 19.9 Å². The predicted molar refractivity (Wildman–Crippen MR) is 46.4 cm³/mol. The van der Waals surface area contributed by atoms with Gasteiger partial charge >= 0.3 is 6.04 Å². The van der Waals surface area contributed by atoms with Gasteiger partial charge in [0, 0.05) is 11.1 Å². The molecule has 5 nitrogen and oxygen atoms in total. The fourth-order valence-electron chi connectivity index (χ4n) is 0.613. The van der Waals surface area contributed by atoms with E-state index in [0.717, 1.165) is 6.21 Å². The summed E-state index contributed by atoms with van der Waals surface area (Å²) in [4.78, 5) is 24.0. The van der Waals surface area contributed by atoms with Crippen LogP contribution in [0.15, 0.2) is 14.8 Å². The molecule has 0 saturated heterocycles. The Morgan fingerprint density at radius 1 is 1.73 bits per heavy atom. The summed E-state index contributed by atoms with van der Waals surface area (Å²) < 4.78 is 0.298. The van der Waals surface area contributed by atoms with Crippen LogP contribution in [-0.2, 0) is 4.79 Å². The maximum absolute atomic E-state index is 11.0. The van der Waals surface area contributed by atoms with E-state index in [1.165, 1.54) is 6.20 Å². The van der Waals surface area contributed by atoms with Crippen molar-refractivity contribution in [3.8, 4) is 0 Å². The van der Waals surface area contributed by atoms with E-state index in [1.54, 1.807) is 22.6 Å². The average Bonchev–Trinajstić information content (AvgIpc) is 1.94. The Kier molecular flexibility index (Phi) is 2.32. The standard InChI is InChI=1S/C5H3IN2O3/c6-3-1-7-2-4(5(3)9)8(10)11/h1-2,4H. The van der Waals surface area contributed by atoms with Gasteiger partial charge in [-0.05, 0) is 22.6 Å². The van der Waals surface area contributed by atoms with Gasteiger partial charge in [0.25, 0.3) is 0 Å². The molecule has 1 atom stereocenters. The quantitative estimate of drug-likeness (QED) is 0.395. The number of ketones is 1. The second-order valence-electron chi connectivity index (χ2n) is 1.87. The number of hydrogen-bond donors (Lipinski definition) is 0. The highest BCUT2D eigenvalue weighted by molar-refractivity contribution is 14.1. The molecule has 1 heterocycles. The van der Waals surface area contributed by atoms with Gasteiger partial charge in [0.2, 0.25) is 5.78 Å². The molecular formula is C5H3IN2O3. The molecule has 0 spiro atoms. The summed E-state index contributed by atoms with van der Waals surface area (Å²) in [6.45, 7) is 0. The van der Waals surface area contributed by atoms with Crippen molar-refractivity contribution in [2.24, 2.45) is 4.99 Å². The lowest BCUT2D eigenvalue weighted by Crippen LogP contribution is -2.32. The number of halogens is 1. The Morgan fingerprint density at radius 2 is 2.36 bits per heavy atom. The topological polar surface area (TPSA) is 72.6 Å². The van der Waals surface area contributed by atoms with E-state index in [4.69, 9.17) is 0 Å². The monoisotopic (exact) mass is 266 g/mol. The fourth-order valence-corrected chi connectivity index (χ4v) is 1.09. The molecular weight excluding hydrogens is 263 g/mol. The summed E-state index contributed by atoms with van der Waals surface area (Å²) in [6.07, 6.45) is 2.34. The van der Waals surface area contributed by atoms with Crippen molar-refractivity contribution >= 4 is 34.6 Å². The summed E-state index contributed by atoms with van der Waals surface area (Å²) in [5.74, 6) is -0.495. The van der Waals surface area contributed by atoms with E-state index in [1.807, 2.05) is 0 Å². The molecule has 58 valence electrons. The number of Topliss-reactive ketones (excluding diaryl/α,β-unsaturated/α-hetero) is 1. The third-order valence-electron chi connectivity index (χ3n) is 1.15. The molecule has 0 aromatic heterocycles. The highest BCUT2D eigenvalue weighted by Crippen LogP contribution is 2.14. The van der Waals surface area contributed by atoms with Crippen LogP contribution in [0.2, 0.25) is 0 Å². The zero-order valence-corrected chi connectivity index (χ0v) is 7.39. The Bertz CT molecular complexity index is 271. The summed E-state index contributed by atoms with van der Waals surface area (Å²) in [5, 5.41) is 10.2.